The normalized spacial score (nSPS) is 10.6. The molecule has 0 fully saturated rings. The molecule has 1 aromatic carbocycles. The first kappa shape index (κ1) is 14.9. The Morgan fingerprint density at radius 3 is 2.86 bits per heavy atom. The lowest BCUT2D eigenvalue weighted by Gasteiger charge is -2.07. The van der Waals surface area contributed by atoms with Crippen molar-refractivity contribution >= 4 is 11.4 Å². The molecule has 21 heavy (non-hydrogen) atoms. The minimum Gasteiger partial charge on any atom is -0.373 e. The van der Waals surface area contributed by atoms with Gasteiger partial charge in [0.25, 0.3) is 5.69 Å². The molecule has 8 heteroatoms. The van der Waals surface area contributed by atoms with E-state index in [1.54, 1.807) is 17.1 Å². The molecule has 0 aliphatic rings. The molecule has 0 bridgehead atoms. The van der Waals surface area contributed by atoms with Crippen LogP contribution in [0.3, 0.4) is 0 Å². The van der Waals surface area contributed by atoms with Crippen molar-refractivity contribution in [2.45, 2.75) is 26.4 Å². The predicted octanol–water partition coefficient (Wildman–Crippen LogP) is 3.09. The molecule has 2 aromatic rings. The molecule has 2 rings (SSSR count). The van der Waals surface area contributed by atoms with Gasteiger partial charge in [-0.25, -0.2) is 8.78 Å². The lowest BCUT2D eigenvalue weighted by Crippen LogP contribution is -2.06. The molecular weight excluding hydrogens is 282 g/mol. The maximum atomic E-state index is 13.7. The van der Waals surface area contributed by atoms with Gasteiger partial charge in [-0.3, -0.25) is 14.8 Å². The van der Waals surface area contributed by atoms with E-state index >= 15 is 0 Å². The smallest absolute Gasteiger partial charge is 0.295 e. The van der Waals surface area contributed by atoms with Gasteiger partial charge in [0.05, 0.1) is 11.1 Å². The lowest BCUT2D eigenvalue weighted by atomic mass is 10.2. The van der Waals surface area contributed by atoms with Crippen molar-refractivity contribution in [3.63, 3.8) is 0 Å². The van der Waals surface area contributed by atoms with Crippen LogP contribution in [0.25, 0.3) is 0 Å². The Balaban J connectivity index is 2.18. The lowest BCUT2D eigenvalue weighted by molar-refractivity contribution is -0.384. The summed E-state index contributed by atoms with van der Waals surface area (Å²) in [6.07, 6.45) is 4.24. The maximum Gasteiger partial charge on any atom is 0.295 e. The number of rotatable bonds is 6. The van der Waals surface area contributed by atoms with Gasteiger partial charge in [0.15, 0.2) is 17.3 Å². The minimum atomic E-state index is -1.26. The van der Waals surface area contributed by atoms with E-state index < -0.39 is 27.9 Å². The fraction of sp³-hybridized carbons (Fsp3) is 0.308. The van der Waals surface area contributed by atoms with E-state index in [2.05, 4.69) is 10.4 Å². The van der Waals surface area contributed by atoms with Crippen LogP contribution in [-0.2, 0) is 13.1 Å². The van der Waals surface area contributed by atoms with Crippen LogP contribution in [0.5, 0.6) is 0 Å². The molecule has 0 aliphatic heterocycles. The average molecular weight is 296 g/mol. The third kappa shape index (κ3) is 3.33. The van der Waals surface area contributed by atoms with Gasteiger partial charge < -0.3 is 5.32 Å². The van der Waals surface area contributed by atoms with E-state index in [0.717, 1.165) is 30.7 Å². The summed E-state index contributed by atoms with van der Waals surface area (Å²) < 4.78 is 28.6. The van der Waals surface area contributed by atoms with E-state index in [1.165, 1.54) is 0 Å². The summed E-state index contributed by atoms with van der Waals surface area (Å²) in [6, 6.07) is 1.67. The van der Waals surface area contributed by atoms with E-state index in [4.69, 9.17) is 0 Å². The van der Waals surface area contributed by atoms with Crippen LogP contribution in [0.1, 0.15) is 18.9 Å². The second kappa shape index (κ2) is 6.29. The average Bonchev–Trinajstić information content (AvgIpc) is 2.88. The van der Waals surface area contributed by atoms with Gasteiger partial charge in [-0.05, 0) is 12.5 Å². The van der Waals surface area contributed by atoms with Crippen LogP contribution < -0.4 is 5.32 Å². The minimum absolute atomic E-state index is 0.116. The van der Waals surface area contributed by atoms with E-state index in [-0.39, 0.29) is 6.54 Å². The molecular formula is C13H14F2N4O2. The summed E-state index contributed by atoms with van der Waals surface area (Å²) in [6.45, 7) is 2.87. The Hall–Kier alpha value is -2.51. The molecule has 1 heterocycles. The number of anilines is 1. The van der Waals surface area contributed by atoms with Crippen LogP contribution in [0.2, 0.25) is 0 Å². The van der Waals surface area contributed by atoms with Crippen molar-refractivity contribution in [1.82, 2.24) is 9.78 Å². The van der Waals surface area contributed by atoms with Gasteiger partial charge >= 0.3 is 0 Å². The van der Waals surface area contributed by atoms with Crippen molar-refractivity contribution < 1.29 is 13.7 Å². The van der Waals surface area contributed by atoms with Crippen LogP contribution in [0, 0.1) is 21.7 Å². The zero-order valence-electron chi connectivity index (χ0n) is 11.3. The highest BCUT2D eigenvalue weighted by Crippen LogP contribution is 2.29. The third-order valence-corrected chi connectivity index (χ3v) is 2.88. The van der Waals surface area contributed by atoms with Crippen LogP contribution >= 0.6 is 0 Å². The number of nitro benzene ring substituents is 1. The largest absolute Gasteiger partial charge is 0.373 e. The Morgan fingerprint density at radius 1 is 1.43 bits per heavy atom. The standard InChI is InChI=1S/C13H14F2N4O2/c1-2-5-18-8-9(7-17-18)6-16-13-11(19(20)21)4-3-10(14)12(13)15/h3-4,7-8,16H,2,5-6H2,1H3. The van der Waals surface area contributed by atoms with Crippen molar-refractivity contribution in [2.75, 3.05) is 5.32 Å². The highest BCUT2D eigenvalue weighted by molar-refractivity contribution is 5.62. The molecule has 112 valence electrons. The number of nitro groups is 1. The monoisotopic (exact) mass is 296 g/mol. The SMILES string of the molecule is CCCn1cc(CNc2c([N+](=O)[O-])ccc(F)c2F)cn1. The predicted molar refractivity (Wildman–Crippen MR) is 72.9 cm³/mol. The summed E-state index contributed by atoms with van der Waals surface area (Å²) in [5.74, 6) is -2.39. The van der Waals surface area contributed by atoms with Gasteiger partial charge in [-0.15, -0.1) is 0 Å². The second-order valence-corrected chi connectivity index (χ2v) is 4.48. The number of benzene rings is 1. The Bertz CT molecular complexity index is 658. The van der Waals surface area contributed by atoms with Gasteiger partial charge in [0, 0.05) is 30.9 Å². The Labute approximate surface area is 119 Å². The number of hydrogen-bond acceptors (Lipinski definition) is 4. The molecule has 1 N–H and O–H groups in total. The zero-order valence-corrected chi connectivity index (χ0v) is 11.3. The number of aromatic nitrogens is 2. The number of hydrogen-bond donors (Lipinski definition) is 1. The third-order valence-electron chi connectivity index (χ3n) is 2.88. The van der Waals surface area contributed by atoms with Crippen LogP contribution in [0.4, 0.5) is 20.2 Å². The number of nitrogens with one attached hydrogen (secondary N) is 1. The summed E-state index contributed by atoms with van der Waals surface area (Å²) in [7, 11) is 0. The molecule has 0 saturated carbocycles. The van der Waals surface area contributed by atoms with E-state index in [1.807, 2.05) is 6.92 Å². The fourth-order valence-electron chi connectivity index (χ4n) is 1.90. The molecule has 0 aliphatic carbocycles. The fourth-order valence-corrected chi connectivity index (χ4v) is 1.90. The van der Waals surface area contributed by atoms with Gasteiger partial charge in [0.1, 0.15) is 0 Å². The number of halogens is 2. The molecule has 0 atom stereocenters. The van der Waals surface area contributed by atoms with E-state index in [9.17, 15) is 18.9 Å². The highest BCUT2D eigenvalue weighted by atomic mass is 19.2. The summed E-state index contributed by atoms with van der Waals surface area (Å²) >= 11 is 0. The number of aryl methyl sites for hydroxylation is 1. The van der Waals surface area contributed by atoms with Crippen LogP contribution in [-0.4, -0.2) is 14.7 Å². The van der Waals surface area contributed by atoms with Crippen LogP contribution in [0.15, 0.2) is 24.5 Å². The quantitative estimate of drug-likeness (QED) is 0.656. The molecule has 0 amide bonds. The molecule has 0 saturated heterocycles. The summed E-state index contributed by atoms with van der Waals surface area (Å²) in [5.41, 5.74) is -0.237. The van der Waals surface area contributed by atoms with Gasteiger partial charge in [0.2, 0.25) is 0 Å². The van der Waals surface area contributed by atoms with Gasteiger partial charge in [-0.2, -0.15) is 5.10 Å². The molecule has 0 unspecified atom stereocenters. The summed E-state index contributed by atoms with van der Waals surface area (Å²) in [4.78, 5) is 10.1. The maximum absolute atomic E-state index is 13.7. The Morgan fingerprint density at radius 2 is 2.19 bits per heavy atom. The molecule has 1 aromatic heterocycles. The number of nitrogens with zero attached hydrogens (tertiary/aromatic N) is 3. The topological polar surface area (TPSA) is 73.0 Å². The van der Waals surface area contributed by atoms with Crippen molar-refractivity contribution in [3.05, 3.63) is 51.8 Å². The van der Waals surface area contributed by atoms with Crippen molar-refractivity contribution in [1.29, 1.82) is 0 Å². The first-order chi connectivity index (χ1) is 10.0. The first-order valence-corrected chi connectivity index (χ1v) is 6.40. The highest BCUT2D eigenvalue weighted by Gasteiger charge is 2.21. The van der Waals surface area contributed by atoms with Crippen molar-refractivity contribution in [3.8, 4) is 0 Å². The molecule has 6 nitrogen and oxygen atoms in total. The second-order valence-electron chi connectivity index (χ2n) is 4.48. The molecule has 0 spiro atoms. The zero-order chi connectivity index (χ0) is 15.4. The first-order valence-electron chi connectivity index (χ1n) is 6.40. The Kier molecular flexibility index (Phi) is 4.46. The van der Waals surface area contributed by atoms with E-state index in [0.29, 0.717) is 0 Å². The van der Waals surface area contributed by atoms with Crippen molar-refractivity contribution in [2.24, 2.45) is 0 Å². The summed E-state index contributed by atoms with van der Waals surface area (Å²) in [5, 5.41) is 17.5. The van der Waals surface area contributed by atoms with Gasteiger partial charge in [-0.1, -0.05) is 6.92 Å². The molecule has 0 radical (unpaired) electrons.